The van der Waals surface area contributed by atoms with Gasteiger partial charge in [-0.3, -0.25) is 4.79 Å². The van der Waals surface area contributed by atoms with Crippen LogP contribution in [0.25, 0.3) is 11.1 Å². The number of nitrogens with zero attached hydrogens (tertiary/aromatic N) is 2. The third-order valence-corrected chi connectivity index (χ3v) is 5.41. The number of hydrogen-bond acceptors (Lipinski definition) is 7. The lowest BCUT2D eigenvalue weighted by molar-refractivity contribution is -0.118. The molecule has 0 aliphatic carbocycles. The highest BCUT2D eigenvalue weighted by molar-refractivity contribution is 7.99. The van der Waals surface area contributed by atoms with Crippen LogP contribution in [-0.4, -0.2) is 29.5 Å². The lowest BCUT2D eigenvalue weighted by Gasteiger charge is -2.12. The van der Waals surface area contributed by atoms with Gasteiger partial charge >= 0.3 is 0 Å². The summed E-state index contributed by atoms with van der Waals surface area (Å²) in [4.78, 5) is 16.4. The fraction of sp³-hybridized carbons (Fsp3) is 0.160. The smallest absolute Gasteiger partial charge is 0.257 e. The lowest BCUT2D eigenvalue weighted by Crippen LogP contribution is -2.19. The van der Waals surface area contributed by atoms with Gasteiger partial charge in [0.2, 0.25) is 0 Å². The number of benzene rings is 3. The van der Waals surface area contributed by atoms with Crippen LogP contribution in [0.1, 0.15) is 18.1 Å². The number of thioether (sulfide) groups is 1. The number of halogens is 1. The molecular weight excluding hydrogens is 457 g/mol. The van der Waals surface area contributed by atoms with Crippen LogP contribution in [0.4, 0.5) is 4.39 Å². The molecule has 0 spiro atoms. The maximum atomic E-state index is 13.1. The number of amides is 1. The molecule has 0 atom stereocenters. The normalized spacial score (nSPS) is 11.1. The Balaban J connectivity index is 1.31. The van der Waals surface area contributed by atoms with Crippen LogP contribution in [0, 0.1) is 5.82 Å². The van der Waals surface area contributed by atoms with Gasteiger partial charge < -0.3 is 13.9 Å². The summed E-state index contributed by atoms with van der Waals surface area (Å²) in [6.07, 6.45) is 1.52. The molecule has 0 fully saturated rings. The van der Waals surface area contributed by atoms with Gasteiger partial charge in [0.15, 0.2) is 17.1 Å². The van der Waals surface area contributed by atoms with E-state index in [0.717, 1.165) is 16.6 Å². The second kappa shape index (κ2) is 11.3. The Morgan fingerprint density at radius 3 is 2.74 bits per heavy atom. The minimum atomic E-state index is -0.292. The van der Waals surface area contributed by atoms with Gasteiger partial charge in [0.1, 0.15) is 17.9 Å². The Hall–Kier alpha value is -3.85. The van der Waals surface area contributed by atoms with E-state index >= 15 is 0 Å². The Kier molecular flexibility index (Phi) is 7.77. The standard InChI is InChI=1S/C25H22FN3O4S/c1-2-31-23-13-18(9-12-22(23)32-15-17-7-10-19(26)11-8-17)14-27-29-24(30)16-34-25-28-20-5-3-4-6-21(20)33-25/h3-14H,2,15-16H2,1H3,(H,29,30)/b27-14+. The second-order valence-corrected chi connectivity index (χ2v) is 8.01. The molecule has 0 radical (unpaired) electrons. The fourth-order valence-electron chi connectivity index (χ4n) is 2.99. The quantitative estimate of drug-likeness (QED) is 0.191. The van der Waals surface area contributed by atoms with Crippen LogP contribution >= 0.6 is 11.8 Å². The van der Waals surface area contributed by atoms with Crippen molar-refractivity contribution in [1.82, 2.24) is 10.4 Å². The summed E-state index contributed by atoms with van der Waals surface area (Å²) >= 11 is 1.19. The first kappa shape index (κ1) is 23.3. The number of nitrogens with one attached hydrogen (secondary N) is 1. The maximum Gasteiger partial charge on any atom is 0.257 e. The molecule has 4 rings (SSSR count). The molecule has 1 N–H and O–H groups in total. The number of hydrazone groups is 1. The van der Waals surface area contributed by atoms with Crippen molar-refractivity contribution >= 4 is 35.0 Å². The summed E-state index contributed by atoms with van der Waals surface area (Å²) in [5, 5.41) is 4.44. The van der Waals surface area contributed by atoms with E-state index in [1.807, 2.05) is 31.2 Å². The van der Waals surface area contributed by atoms with Gasteiger partial charge in [-0.15, -0.1) is 0 Å². The largest absolute Gasteiger partial charge is 0.490 e. The van der Waals surface area contributed by atoms with E-state index in [1.54, 1.807) is 30.3 Å². The minimum Gasteiger partial charge on any atom is -0.490 e. The average molecular weight is 480 g/mol. The lowest BCUT2D eigenvalue weighted by atomic mass is 10.2. The molecule has 1 aromatic heterocycles. The summed E-state index contributed by atoms with van der Waals surface area (Å²) in [6, 6.07) is 18.9. The van der Waals surface area contributed by atoms with Crippen molar-refractivity contribution in [3.8, 4) is 11.5 Å². The number of carbonyl (C=O) groups is 1. The molecule has 1 amide bonds. The van der Waals surface area contributed by atoms with Crippen LogP contribution in [0.15, 0.2) is 81.5 Å². The van der Waals surface area contributed by atoms with E-state index in [9.17, 15) is 9.18 Å². The molecule has 4 aromatic rings. The molecule has 0 unspecified atom stereocenters. The van der Waals surface area contributed by atoms with Crippen molar-refractivity contribution in [2.75, 3.05) is 12.4 Å². The Labute approximate surface area is 200 Å². The Morgan fingerprint density at radius 2 is 1.94 bits per heavy atom. The van der Waals surface area contributed by atoms with Gasteiger partial charge in [-0.2, -0.15) is 5.10 Å². The van der Waals surface area contributed by atoms with Crippen LogP contribution in [0.3, 0.4) is 0 Å². The van der Waals surface area contributed by atoms with Crippen molar-refractivity contribution in [3.05, 3.63) is 83.7 Å². The van der Waals surface area contributed by atoms with Crippen LogP contribution in [-0.2, 0) is 11.4 Å². The highest BCUT2D eigenvalue weighted by Gasteiger charge is 2.09. The third kappa shape index (κ3) is 6.35. The van der Waals surface area contributed by atoms with E-state index < -0.39 is 0 Å². The zero-order chi connectivity index (χ0) is 23.8. The predicted molar refractivity (Wildman–Crippen MR) is 129 cm³/mol. The minimum absolute atomic E-state index is 0.116. The van der Waals surface area contributed by atoms with Crippen molar-refractivity contribution in [2.24, 2.45) is 5.10 Å². The Bertz CT molecular complexity index is 1260. The first-order chi connectivity index (χ1) is 16.6. The van der Waals surface area contributed by atoms with Crippen LogP contribution in [0.2, 0.25) is 0 Å². The van der Waals surface area contributed by atoms with Gasteiger partial charge in [-0.25, -0.2) is 14.8 Å². The van der Waals surface area contributed by atoms with E-state index in [0.29, 0.717) is 28.9 Å². The van der Waals surface area contributed by atoms with Crippen LogP contribution in [0.5, 0.6) is 11.5 Å². The molecule has 34 heavy (non-hydrogen) atoms. The first-order valence-corrected chi connectivity index (χ1v) is 11.5. The molecule has 0 saturated heterocycles. The molecule has 0 aliphatic rings. The highest BCUT2D eigenvalue weighted by Crippen LogP contribution is 2.29. The van der Waals surface area contributed by atoms with E-state index in [1.165, 1.54) is 30.1 Å². The van der Waals surface area contributed by atoms with E-state index in [-0.39, 0.29) is 24.1 Å². The summed E-state index contributed by atoms with van der Waals surface area (Å²) < 4.78 is 30.1. The molecule has 0 aliphatic heterocycles. The van der Waals surface area contributed by atoms with Crippen LogP contribution < -0.4 is 14.9 Å². The molecule has 1 heterocycles. The number of fused-ring (bicyclic) bond motifs is 1. The topological polar surface area (TPSA) is 86.0 Å². The number of aromatic nitrogens is 1. The van der Waals surface area contributed by atoms with Crippen molar-refractivity contribution in [2.45, 2.75) is 18.8 Å². The van der Waals surface area contributed by atoms with Crippen molar-refractivity contribution in [3.63, 3.8) is 0 Å². The van der Waals surface area contributed by atoms with Gasteiger partial charge in [0, 0.05) is 0 Å². The number of rotatable bonds is 10. The monoisotopic (exact) mass is 479 g/mol. The molecular formula is C25H22FN3O4S. The summed E-state index contributed by atoms with van der Waals surface area (Å²) in [5.74, 6) is 0.644. The highest BCUT2D eigenvalue weighted by atomic mass is 32.2. The van der Waals surface area contributed by atoms with Gasteiger partial charge in [0.25, 0.3) is 11.1 Å². The number of carbonyl (C=O) groups excluding carboxylic acids is 1. The number of hydrogen-bond donors (Lipinski definition) is 1. The zero-order valence-electron chi connectivity index (χ0n) is 18.4. The molecule has 174 valence electrons. The van der Waals surface area contributed by atoms with Crippen molar-refractivity contribution < 1.29 is 23.1 Å². The van der Waals surface area contributed by atoms with Gasteiger partial charge in [-0.1, -0.05) is 36.0 Å². The molecule has 9 heteroatoms. The fourth-order valence-corrected chi connectivity index (χ4v) is 3.62. The molecule has 7 nitrogen and oxygen atoms in total. The van der Waals surface area contributed by atoms with Crippen molar-refractivity contribution in [1.29, 1.82) is 0 Å². The maximum absolute atomic E-state index is 13.1. The third-order valence-electron chi connectivity index (χ3n) is 4.58. The SMILES string of the molecule is CCOc1cc(/C=N/NC(=O)CSc2nc3ccccc3o2)ccc1OCc1ccc(F)cc1. The van der Waals surface area contributed by atoms with E-state index in [4.69, 9.17) is 13.9 Å². The number of ether oxygens (including phenoxy) is 2. The number of oxazole rings is 1. The van der Waals surface area contributed by atoms with Gasteiger partial charge in [0.05, 0.1) is 18.6 Å². The van der Waals surface area contributed by atoms with Gasteiger partial charge in [-0.05, 0) is 60.5 Å². The number of para-hydroxylation sites is 2. The predicted octanol–water partition coefficient (Wildman–Crippen LogP) is 5.19. The second-order valence-electron chi connectivity index (χ2n) is 7.08. The summed E-state index contributed by atoms with van der Waals surface area (Å²) in [5.41, 5.74) is 5.49. The Morgan fingerprint density at radius 1 is 1.12 bits per heavy atom. The molecule has 0 bridgehead atoms. The zero-order valence-corrected chi connectivity index (χ0v) is 19.2. The average Bonchev–Trinajstić information content (AvgIpc) is 3.27. The molecule has 3 aromatic carbocycles. The van der Waals surface area contributed by atoms with E-state index in [2.05, 4.69) is 15.5 Å². The summed E-state index contributed by atoms with van der Waals surface area (Å²) in [7, 11) is 0. The molecule has 0 saturated carbocycles. The first-order valence-electron chi connectivity index (χ1n) is 10.5. The summed E-state index contributed by atoms with van der Waals surface area (Å²) in [6.45, 7) is 2.61.